The molecule has 0 aliphatic carbocycles. The number of aliphatic hydroxyl groups excluding tert-OH is 4. The number of aliphatic hydroxyl groups is 4. The van der Waals surface area contributed by atoms with Crippen LogP contribution in [0, 0.1) is 0 Å². The molecule has 0 radical (unpaired) electrons. The minimum atomic E-state index is -1.66. The van der Waals surface area contributed by atoms with Crippen LogP contribution >= 0.6 is 0 Å². The van der Waals surface area contributed by atoms with Crippen molar-refractivity contribution in [3.8, 4) is 0 Å². The van der Waals surface area contributed by atoms with E-state index >= 15 is 0 Å². The molecule has 1 aliphatic heterocycles. The molecule has 0 amide bonds. The number of carboxylic acid groups (broad SMARTS) is 2. The highest BCUT2D eigenvalue weighted by Gasteiger charge is 2.44. The molecule has 1 fully saturated rings. The van der Waals surface area contributed by atoms with Crippen molar-refractivity contribution >= 4 is 11.9 Å². The molecule has 0 saturated carbocycles. The molecular weight excluding hydrogens is 328 g/mol. The Balaban J connectivity index is 2.99. The molecule has 0 aromatic rings. The molecule has 0 spiro atoms. The first-order valence-electron chi connectivity index (χ1n) is 6.97. The highest BCUT2D eigenvalue weighted by molar-refractivity contribution is 5.81. The lowest BCUT2D eigenvalue weighted by molar-refractivity contribution is -0.291. The summed E-state index contributed by atoms with van der Waals surface area (Å²) in [5.74, 6) is -2.59. The smallest absolute Gasteiger partial charge is 0.328 e. The Morgan fingerprint density at radius 2 is 1.71 bits per heavy atom. The third kappa shape index (κ3) is 5.28. The molecule has 1 aliphatic rings. The van der Waals surface area contributed by atoms with Crippen molar-refractivity contribution in [2.75, 3.05) is 6.61 Å². The van der Waals surface area contributed by atoms with E-state index in [1.807, 2.05) is 0 Å². The van der Waals surface area contributed by atoms with E-state index in [2.05, 4.69) is 0 Å². The van der Waals surface area contributed by atoms with Gasteiger partial charge in [0.1, 0.15) is 30.2 Å². The standard InChI is InChI=1S/C14H20O10/c1-6(7(4-10(18)19)2-3-9(16)17)23-14-13(22)12(21)11(20)8(5-15)24-14/h2-3,8,11-15,20-22H,4-5H2,1H3,(H,16,17)(H,18,19)/b3-2-,7-6-/t8-,11+,12+,13-,14-/m1/s1. The van der Waals surface area contributed by atoms with Crippen LogP contribution in [0.15, 0.2) is 23.5 Å². The Bertz CT molecular complexity index is 524. The average molecular weight is 348 g/mol. The van der Waals surface area contributed by atoms with E-state index in [-0.39, 0.29) is 11.3 Å². The summed E-state index contributed by atoms with van der Waals surface area (Å²) >= 11 is 0. The lowest BCUT2D eigenvalue weighted by Crippen LogP contribution is -2.59. The van der Waals surface area contributed by atoms with Crippen molar-refractivity contribution in [3.63, 3.8) is 0 Å². The number of rotatable bonds is 7. The Hall–Kier alpha value is -1.98. The zero-order valence-electron chi connectivity index (χ0n) is 12.8. The summed E-state index contributed by atoms with van der Waals surface area (Å²) < 4.78 is 10.4. The third-order valence-corrected chi connectivity index (χ3v) is 3.36. The van der Waals surface area contributed by atoms with Crippen LogP contribution in [0.2, 0.25) is 0 Å². The van der Waals surface area contributed by atoms with Gasteiger partial charge in [0.15, 0.2) is 0 Å². The van der Waals surface area contributed by atoms with Crippen LogP contribution < -0.4 is 0 Å². The van der Waals surface area contributed by atoms with Crippen LogP contribution in [-0.2, 0) is 19.1 Å². The van der Waals surface area contributed by atoms with Crippen LogP contribution in [-0.4, -0.2) is 79.9 Å². The third-order valence-electron chi connectivity index (χ3n) is 3.36. The predicted octanol–water partition coefficient (Wildman–Crippen LogP) is -1.81. The maximum Gasteiger partial charge on any atom is 0.328 e. The Labute approximate surface area is 136 Å². The van der Waals surface area contributed by atoms with Gasteiger partial charge in [-0.3, -0.25) is 4.79 Å². The first kappa shape index (κ1) is 20.1. The summed E-state index contributed by atoms with van der Waals surface area (Å²) in [6, 6.07) is 0. The number of hydrogen-bond donors (Lipinski definition) is 6. The second-order valence-electron chi connectivity index (χ2n) is 5.14. The fourth-order valence-corrected chi connectivity index (χ4v) is 2.05. The van der Waals surface area contributed by atoms with Gasteiger partial charge in [0.05, 0.1) is 13.0 Å². The number of hydrogen-bond acceptors (Lipinski definition) is 8. The lowest BCUT2D eigenvalue weighted by Gasteiger charge is -2.39. The van der Waals surface area contributed by atoms with Gasteiger partial charge in [-0.1, -0.05) is 0 Å². The fraction of sp³-hybridized carbons (Fsp3) is 0.571. The maximum atomic E-state index is 10.9. The Kier molecular flexibility index (Phi) is 7.32. The van der Waals surface area contributed by atoms with Gasteiger partial charge in [0.25, 0.3) is 0 Å². The van der Waals surface area contributed by atoms with Crippen LogP contribution in [0.5, 0.6) is 0 Å². The van der Waals surface area contributed by atoms with E-state index < -0.39 is 55.7 Å². The molecule has 6 N–H and O–H groups in total. The Morgan fingerprint density at radius 1 is 1.08 bits per heavy atom. The van der Waals surface area contributed by atoms with Crippen molar-refractivity contribution in [2.45, 2.75) is 44.1 Å². The number of carboxylic acids is 2. The van der Waals surface area contributed by atoms with Crippen LogP contribution in [0.25, 0.3) is 0 Å². The molecule has 10 heteroatoms. The molecule has 0 aromatic carbocycles. The topological polar surface area (TPSA) is 174 Å². The van der Waals surface area contributed by atoms with Gasteiger partial charge < -0.3 is 40.1 Å². The van der Waals surface area contributed by atoms with E-state index in [9.17, 15) is 24.9 Å². The molecule has 0 aromatic heterocycles. The first-order valence-corrected chi connectivity index (χ1v) is 6.97. The predicted molar refractivity (Wildman–Crippen MR) is 76.6 cm³/mol. The first-order chi connectivity index (χ1) is 11.2. The number of ether oxygens (including phenoxy) is 2. The second kappa shape index (κ2) is 8.76. The molecule has 1 heterocycles. The van der Waals surface area contributed by atoms with E-state index in [0.29, 0.717) is 0 Å². The zero-order valence-corrected chi connectivity index (χ0v) is 12.8. The van der Waals surface area contributed by atoms with Crippen molar-refractivity contribution in [2.24, 2.45) is 0 Å². The maximum absolute atomic E-state index is 10.9. The monoisotopic (exact) mass is 348 g/mol. The van der Waals surface area contributed by atoms with E-state index in [0.717, 1.165) is 12.2 Å². The normalized spacial score (nSPS) is 31.6. The summed E-state index contributed by atoms with van der Waals surface area (Å²) in [5.41, 5.74) is 0.00172. The number of allylic oxidation sites excluding steroid dienone is 2. The summed E-state index contributed by atoms with van der Waals surface area (Å²) in [5, 5.41) is 55.8. The van der Waals surface area contributed by atoms with Gasteiger partial charge in [0.2, 0.25) is 6.29 Å². The lowest BCUT2D eigenvalue weighted by atomic mass is 9.99. The van der Waals surface area contributed by atoms with Crippen LogP contribution in [0.4, 0.5) is 0 Å². The molecule has 10 nitrogen and oxygen atoms in total. The number of aliphatic carboxylic acids is 2. The van der Waals surface area contributed by atoms with Crippen molar-refractivity contribution in [3.05, 3.63) is 23.5 Å². The second-order valence-corrected chi connectivity index (χ2v) is 5.14. The molecule has 136 valence electrons. The van der Waals surface area contributed by atoms with E-state index in [1.54, 1.807) is 0 Å². The van der Waals surface area contributed by atoms with Crippen molar-refractivity contribution < 1.29 is 49.7 Å². The number of carbonyl (C=O) groups is 2. The van der Waals surface area contributed by atoms with Gasteiger partial charge in [-0.15, -0.1) is 0 Å². The van der Waals surface area contributed by atoms with E-state index in [1.165, 1.54) is 6.92 Å². The quantitative estimate of drug-likeness (QED) is 0.175. The summed E-state index contributed by atoms with van der Waals surface area (Å²) in [6.07, 6.45) is -6.33. The van der Waals surface area contributed by atoms with Crippen molar-refractivity contribution in [1.29, 1.82) is 0 Å². The molecule has 5 atom stereocenters. The summed E-state index contributed by atoms with van der Waals surface area (Å²) in [6.45, 7) is 0.681. The minimum absolute atomic E-state index is 0.00172. The van der Waals surface area contributed by atoms with Gasteiger partial charge in [0, 0.05) is 11.6 Å². The SMILES string of the molecule is C/C(O[C@@H]1O[C@H](CO)[C@H](O)[C@H](O)[C@H]1O)=C(\C=C/C(=O)O)CC(=O)O. The van der Waals surface area contributed by atoms with Gasteiger partial charge in [-0.05, 0) is 13.0 Å². The fourth-order valence-electron chi connectivity index (χ4n) is 2.05. The van der Waals surface area contributed by atoms with Crippen LogP contribution in [0.1, 0.15) is 13.3 Å². The van der Waals surface area contributed by atoms with E-state index in [4.69, 9.17) is 24.8 Å². The van der Waals surface area contributed by atoms with Gasteiger partial charge in [-0.25, -0.2) is 4.79 Å². The molecule has 24 heavy (non-hydrogen) atoms. The summed E-state index contributed by atoms with van der Waals surface area (Å²) in [4.78, 5) is 21.4. The molecule has 0 bridgehead atoms. The largest absolute Gasteiger partial charge is 0.481 e. The highest BCUT2D eigenvalue weighted by atomic mass is 16.7. The molecule has 1 saturated heterocycles. The Morgan fingerprint density at radius 3 is 2.21 bits per heavy atom. The minimum Gasteiger partial charge on any atom is -0.481 e. The molecule has 1 rings (SSSR count). The average Bonchev–Trinajstić information content (AvgIpc) is 2.51. The molecule has 0 unspecified atom stereocenters. The summed E-state index contributed by atoms with van der Waals surface area (Å²) in [7, 11) is 0. The highest BCUT2D eigenvalue weighted by Crippen LogP contribution is 2.25. The van der Waals surface area contributed by atoms with Gasteiger partial charge in [-0.2, -0.15) is 0 Å². The van der Waals surface area contributed by atoms with Gasteiger partial charge >= 0.3 is 11.9 Å². The molecular formula is C14H20O10. The van der Waals surface area contributed by atoms with Crippen molar-refractivity contribution in [1.82, 2.24) is 0 Å². The van der Waals surface area contributed by atoms with Crippen LogP contribution in [0.3, 0.4) is 0 Å². The zero-order chi connectivity index (χ0) is 18.4.